The van der Waals surface area contributed by atoms with Crippen LogP contribution < -0.4 is 10.6 Å². The molecule has 0 saturated carbocycles. The summed E-state index contributed by atoms with van der Waals surface area (Å²) in [6, 6.07) is 7.17. The van der Waals surface area contributed by atoms with Gasteiger partial charge in [-0.25, -0.2) is 4.79 Å². The summed E-state index contributed by atoms with van der Waals surface area (Å²) < 4.78 is 0. The van der Waals surface area contributed by atoms with Crippen molar-refractivity contribution in [3.63, 3.8) is 0 Å². The third-order valence-corrected chi connectivity index (χ3v) is 3.36. The number of rotatable bonds is 6. The van der Waals surface area contributed by atoms with E-state index < -0.39 is 0 Å². The van der Waals surface area contributed by atoms with Gasteiger partial charge in [0.2, 0.25) is 0 Å². The number of hydrogen-bond acceptors (Lipinski definition) is 3. The van der Waals surface area contributed by atoms with E-state index in [0.717, 1.165) is 17.0 Å². The summed E-state index contributed by atoms with van der Waals surface area (Å²) >= 11 is 1.63. The first-order valence-corrected chi connectivity index (χ1v) is 7.60. The summed E-state index contributed by atoms with van der Waals surface area (Å²) in [7, 11) is 0. The monoisotopic (exact) mass is 282 g/mol. The highest BCUT2D eigenvalue weighted by atomic mass is 32.2. The molecule has 1 rings (SSSR count). The van der Waals surface area contributed by atoms with E-state index >= 15 is 0 Å². The number of anilines is 1. The van der Waals surface area contributed by atoms with E-state index in [1.165, 1.54) is 0 Å². The van der Waals surface area contributed by atoms with Crippen molar-refractivity contribution >= 4 is 23.5 Å². The Balaban J connectivity index is 2.53. The molecule has 4 nitrogen and oxygen atoms in total. The molecule has 0 aromatic heterocycles. The Labute approximate surface area is 119 Å². The van der Waals surface area contributed by atoms with E-state index in [-0.39, 0.29) is 18.7 Å². The number of carbonyl (C=O) groups excluding carboxylic acids is 1. The Bertz CT molecular complexity index is 410. The minimum Gasteiger partial charge on any atom is -0.394 e. The molecule has 19 heavy (non-hydrogen) atoms. The van der Waals surface area contributed by atoms with Gasteiger partial charge in [-0.15, -0.1) is 11.8 Å². The number of thioether (sulfide) groups is 1. The maximum absolute atomic E-state index is 11.8. The molecule has 5 heteroatoms. The first-order valence-electron chi connectivity index (χ1n) is 6.37. The Kier molecular flexibility index (Phi) is 6.73. The van der Waals surface area contributed by atoms with Crippen molar-refractivity contribution in [1.29, 1.82) is 0 Å². The van der Waals surface area contributed by atoms with Gasteiger partial charge >= 0.3 is 6.03 Å². The number of aliphatic hydroxyl groups is 1. The van der Waals surface area contributed by atoms with Crippen molar-refractivity contribution in [1.82, 2.24) is 5.32 Å². The number of benzene rings is 1. The lowest BCUT2D eigenvalue weighted by atomic mass is 10.0. The number of nitrogens with one attached hydrogen (secondary N) is 2. The van der Waals surface area contributed by atoms with E-state index in [2.05, 4.69) is 24.5 Å². The topological polar surface area (TPSA) is 61.4 Å². The van der Waals surface area contributed by atoms with Crippen LogP contribution >= 0.6 is 11.8 Å². The van der Waals surface area contributed by atoms with Crippen molar-refractivity contribution in [2.45, 2.75) is 31.2 Å². The Hall–Kier alpha value is -1.20. The minimum atomic E-state index is -0.280. The molecular formula is C14H22N2O2S. The van der Waals surface area contributed by atoms with Crippen LogP contribution in [0.3, 0.4) is 0 Å². The zero-order valence-corrected chi connectivity index (χ0v) is 12.5. The Morgan fingerprint density at radius 3 is 2.74 bits per heavy atom. The maximum atomic E-state index is 11.8. The van der Waals surface area contributed by atoms with Crippen molar-refractivity contribution in [2.24, 2.45) is 5.92 Å². The standard InChI is InChI=1S/C14H22N2O2S/c1-10(2)7-12(9-17)16-14(18)15-11-5-4-6-13(8-11)19-3/h4-6,8,10,12,17H,7,9H2,1-3H3,(H2,15,16,18). The number of hydrogen-bond donors (Lipinski definition) is 3. The van der Waals surface area contributed by atoms with Crippen LogP contribution in [0.5, 0.6) is 0 Å². The van der Waals surface area contributed by atoms with Gasteiger partial charge in [0.25, 0.3) is 0 Å². The molecule has 0 aliphatic carbocycles. The third-order valence-electron chi connectivity index (χ3n) is 2.64. The fraction of sp³-hybridized carbons (Fsp3) is 0.500. The molecule has 0 aliphatic rings. The number of urea groups is 1. The quantitative estimate of drug-likeness (QED) is 0.703. The maximum Gasteiger partial charge on any atom is 0.319 e. The summed E-state index contributed by atoms with van der Waals surface area (Å²) in [6.45, 7) is 4.07. The van der Waals surface area contributed by atoms with Gasteiger partial charge in [0.05, 0.1) is 12.6 Å². The van der Waals surface area contributed by atoms with Crippen LogP contribution in [-0.2, 0) is 0 Å². The number of aliphatic hydroxyl groups excluding tert-OH is 1. The summed E-state index contributed by atoms with van der Waals surface area (Å²) in [5, 5.41) is 14.8. The average molecular weight is 282 g/mol. The van der Waals surface area contributed by atoms with Gasteiger partial charge in [-0.2, -0.15) is 0 Å². The number of carbonyl (C=O) groups is 1. The highest BCUT2D eigenvalue weighted by Crippen LogP contribution is 2.18. The van der Waals surface area contributed by atoms with Crippen molar-refractivity contribution in [3.05, 3.63) is 24.3 Å². The Morgan fingerprint density at radius 2 is 2.16 bits per heavy atom. The molecule has 0 spiro atoms. The van der Waals surface area contributed by atoms with Gasteiger partial charge in [0.1, 0.15) is 0 Å². The van der Waals surface area contributed by atoms with E-state index in [1.807, 2.05) is 30.5 Å². The molecule has 0 aliphatic heterocycles. The first kappa shape index (κ1) is 15.9. The van der Waals surface area contributed by atoms with E-state index in [1.54, 1.807) is 11.8 Å². The second-order valence-corrected chi connectivity index (χ2v) is 5.72. The number of amides is 2. The molecule has 1 unspecified atom stereocenters. The summed E-state index contributed by atoms with van der Waals surface area (Å²) in [6.07, 6.45) is 2.75. The zero-order valence-electron chi connectivity index (χ0n) is 11.6. The van der Waals surface area contributed by atoms with Gasteiger partial charge < -0.3 is 15.7 Å². The average Bonchev–Trinajstić information content (AvgIpc) is 2.37. The van der Waals surface area contributed by atoms with Crippen LogP contribution in [0.4, 0.5) is 10.5 Å². The molecule has 0 radical (unpaired) electrons. The van der Waals surface area contributed by atoms with Gasteiger partial charge in [-0.3, -0.25) is 0 Å². The molecule has 1 aromatic rings. The predicted octanol–water partition coefficient (Wildman–Crippen LogP) is 2.94. The predicted molar refractivity (Wildman–Crippen MR) is 80.7 cm³/mol. The largest absolute Gasteiger partial charge is 0.394 e. The second kappa shape index (κ2) is 8.07. The van der Waals surface area contributed by atoms with Gasteiger partial charge in [-0.05, 0) is 36.8 Å². The van der Waals surface area contributed by atoms with E-state index in [0.29, 0.717) is 5.92 Å². The SMILES string of the molecule is CSc1cccc(NC(=O)NC(CO)CC(C)C)c1. The molecule has 0 bridgehead atoms. The highest BCUT2D eigenvalue weighted by molar-refractivity contribution is 7.98. The lowest BCUT2D eigenvalue weighted by Gasteiger charge is -2.18. The van der Waals surface area contributed by atoms with Gasteiger partial charge in [0.15, 0.2) is 0 Å². The first-order chi connectivity index (χ1) is 9.05. The molecule has 106 valence electrons. The fourth-order valence-corrected chi connectivity index (χ4v) is 2.26. The third kappa shape index (κ3) is 5.98. The van der Waals surface area contributed by atoms with Crippen LogP contribution in [0.15, 0.2) is 29.2 Å². The van der Waals surface area contributed by atoms with Crippen molar-refractivity contribution in [3.8, 4) is 0 Å². The second-order valence-electron chi connectivity index (χ2n) is 4.84. The molecule has 0 saturated heterocycles. The lowest BCUT2D eigenvalue weighted by Crippen LogP contribution is -2.40. The molecule has 1 atom stereocenters. The molecule has 0 heterocycles. The van der Waals surface area contributed by atoms with Crippen molar-refractivity contribution < 1.29 is 9.90 Å². The lowest BCUT2D eigenvalue weighted by molar-refractivity contribution is 0.214. The van der Waals surface area contributed by atoms with E-state index in [9.17, 15) is 9.90 Å². The molecule has 1 aromatic carbocycles. The van der Waals surface area contributed by atoms with Gasteiger partial charge in [0, 0.05) is 10.6 Å². The van der Waals surface area contributed by atoms with Crippen LogP contribution in [-0.4, -0.2) is 30.0 Å². The van der Waals surface area contributed by atoms with Crippen LogP contribution in [0.1, 0.15) is 20.3 Å². The summed E-state index contributed by atoms with van der Waals surface area (Å²) in [4.78, 5) is 12.9. The van der Waals surface area contributed by atoms with Crippen LogP contribution in [0.2, 0.25) is 0 Å². The fourth-order valence-electron chi connectivity index (χ4n) is 1.80. The summed E-state index contributed by atoms with van der Waals surface area (Å²) in [5.74, 6) is 0.428. The molecule has 3 N–H and O–H groups in total. The zero-order chi connectivity index (χ0) is 14.3. The van der Waals surface area contributed by atoms with Crippen molar-refractivity contribution in [2.75, 3.05) is 18.2 Å². The smallest absolute Gasteiger partial charge is 0.319 e. The van der Waals surface area contributed by atoms with Crippen LogP contribution in [0, 0.1) is 5.92 Å². The molecule has 2 amide bonds. The molecule has 0 fully saturated rings. The minimum absolute atomic E-state index is 0.0452. The van der Waals surface area contributed by atoms with E-state index in [4.69, 9.17) is 0 Å². The Morgan fingerprint density at radius 1 is 1.42 bits per heavy atom. The summed E-state index contributed by atoms with van der Waals surface area (Å²) in [5.41, 5.74) is 0.755. The normalized spacial score (nSPS) is 12.3. The molecular weight excluding hydrogens is 260 g/mol. The highest BCUT2D eigenvalue weighted by Gasteiger charge is 2.12. The van der Waals surface area contributed by atoms with Gasteiger partial charge in [-0.1, -0.05) is 19.9 Å². The van der Waals surface area contributed by atoms with Crippen LogP contribution in [0.25, 0.3) is 0 Å².